The Balaban J connectivity index is 2.44. The van der Waals surface area contributed by atoms with Gasteiger partial charge in [0.25, 0.3) is 0 Å². The Hall–Kier alpha value is -1.97. The Labute approximate surface area is 87.4 Å². The number of pyridine rings is 1. The van der Waals surface area contributed by atoms with E-state index in [1.807, 2.05) is 19.9 Å². The molecule has 0 unspecified atom stereocenters. The summed E-state index contributed by atoms with van der Waals surface area (Å²) in [6.45, 7) is 3.95. The fourth-order valence-corrected chi connectivity index (χ4v) is 1.31. The van der Waals surface area contributed by atoms with Gasteiger partial charge in [0, 0.05) is 17.5 Å². The van der Waals surface area contributed by atoms with Crippen LogP contribution in [0.3, 0.4) is 0 Å². The van der Waals surface area contributed by atoms with Crippen LogP contribution < -0.4 is 0 Å². The average Bonchev–Trinajstić information content (AvgIpc) is 2.70. The number of aromatic amines is 1. The van der Waals surface area contributed by atoms with E-state index in [0.717, 1.165) is 23.1 Å². The molecule has 4 heteroatoms. The first-order valence-electron chi connectivity index (χ1n) is 4.64. The van der Waals surface area contributed by atoms with E-state index in [-0.39, 0.29) is 0 Å². The summed E-state index contributed by atoms with van der Waals surface area (Å²) in [6, 6.07) is 2.00. The maximum Gasteiger partial charge on any atom is 0.167 e. The van der Waals surface area contributed by atoms with Crippen molar-refractivity contribution in [2.45, 2.75) is 13.8 Å². The average molecular weight is 201 g/mol. The van der Waals surface area contributed by atoms with E-state index in [0.29, 0.717) is 11.5 Å². The summed E-state index contributed by atoms with van der Waals surface area (Å²) in [5.41, 5.74) is 3.48. The Morgan fingerprint density at radius 1 is 1.27 bits per heavy atom. The van der Waals surface area contributed by atoms with Gasteiger partial charge in [-0.2, -0.15) is 0 Å². The molecule has 0 aliphatic rings. The second-order valence-corrected chi connectivity index (χ2v) is 3.43. The monoisotopic (exact) mass is 201 g/mol. The lowest BCUT2D eigenvalue weighted by Crippen LogP contribution is -1.89. The van der Waals surface area contributed by atoms with E-state index < -0.39 is 0 Å². The topological polar surface area (TPSA) is 58.6 Å². The molecule has 4 nitrogen and oxygen atoms in total. The Bertz CT molecular complexity index is 502. The molecule has 2 aromatic rings. The van der Waals surface area contributed by atoms with Crippen molar-refractivity contribution in [3.8, 4) is 11.4 Å². The molecule has 2 rings (SSSR count). The molecule has 0 atom stereocenters. The van der Waals surface area contributed by atoms with Gasteiger partial charge < -0.3 is 4.98 Å². The molecule has 0 saturated carbocycles. The van der Waals surface area contributed by atoms with Gasteiger partial charge in [-0.25, -0.2) is 4.98 Å². The van der Waals surface area contributed by atoms with Crippen LogP contribution in [0.25, 0.3) is 11.4 Å². The number of nitrogens with zero attached hydrogens (tertiary/aromatic N) is 2. The highest BCUT2D eigenvalue weighted by Crippen LogP contribution is 2.16. The van der Waals surface area contributed by atoms with Gasteiger partial charge in [0.1, 0.15) is 5.82 Å². The van der Waals surface area contributed by atoms with Crippen LogP contribution in [0.1, 0.15) is 21.7 Å². The molecular formula is C11H11N3O. The third-order valence-electron chi connectivity index (χ3n) is 2.34. The molecule has 1 N–H and O–H groups in total. The van der Waals surface area contributed by atoms with Crippen LogP contribution in [0, 0.1) is 13.8 Å². The molecule has 0 saturated heterocycles. The van der Waals surface area contributed by atoms with Crippen LogP contribution in [0.4, 0.5) is 0 Å². The van der Waals surface area contributed by atoms with Crippen molar-refractivity contribution in [2.24, 2.45) is 0 Å². The van der Waals surface area contributed by atoms with Crippen molar-refractivity contribution in [2.75, 3.05) is 0 Å². The summed E-state index contributed by atoms with van der Waals surface area (Å²) in [5, 5.41) is 0. The van der Waals surface area contributed by atoms with Crippen LogP contribution in [0.2, 0.25) is 0 Å². The van der Waals surface area contributed by atoms with Gasteiger partial charge >= 0.3 is 0 Å². The molecule has 76 valence electrons. The van der Waals surface area contributed by atoms with E-state index in [2.05, 4.69) is 15.0 Å². The Morgan fingerprint density at radius 2 is 2.07 bits per heavy atom. The van der Waals surface area contributed by atoms with Crippen molar-refractivity contribution in [1.29, 1.82) is 0 Å². The van der Waals surface area contributed by atoms with E-state index in [1.165, 1.54) is 6.20 Å². The third-order valence-corrected chi connectivity index (χ3v) is 2.34. The quantitative estimate of drug-likeness (QED) is 0.755. The molecule has 0 spiro atoms. The molecule has 0 aliphatic heterocycles. The summed E-state index contributed by atoms with van der Waals surface area (Å²) in [5.74, 6) is 0.674. The number of carbonyl (C=O) groups excluding carboxylic acids is 1. The van der Waals surface area contributed by atoms with Crippen molar-refractivity contribution in [3.63, 3.8) is 0 Å². The number of aryl methyl sites for hydroxylation is 2. The molecule has 0 radical (unpaired) electrons. The maximum absolute atomic E-state index is 10.5. The van der Waals surface area contributed by atoms with Gasteiger partial charge in [-0.3, -0.25) is 9.78 Å². The fraction of sp³-hybridized carbons (Fsp3) is 0.182. The number of rotatable bonds is 2. The summed E-state index contributed by atoms with van der Waals surface area (Å²) < 4.78 is 0. The zero-order valence-corrected chi connectivity index (χ0v) is 8.61. The summed E-state index contributed by atoms with van der Waals surface area (Å²) in [4.78, 5) is 21.7. The molecule has 0 fully saturated rings. The number of imidazole rings is 1. The molecule has 2 aromatic heterocycles. The van der Waals surface area contributed by atoms with E-state index in [4.69, 9.17) is 0 Å². The van der Waals surface area contributed by atoms with Crippen molar-refractivity contribution >= 4 is 6.29 Å². The number of hydrogen-bond acceptors (Lipinski definition) is 3. The Morgan fingerprint density at radius 3 is 2.67 bits per heavy atom. The first-order chi connectivity index (χ1) is 7.20. The SMILES string of the molecule is Cc1cc(-c2ncc(C=O)[nH]2)cnc1C. The molecular weight excluding hydrogens is 190 g/mol. The van der Waals surface area contributed by atoms with Gasteiger partial charge in [-0.15, -0.1) is 0 Å². The molecule has 2 heterocycles. The predicted octanol–water partition coefficient (Wildman–Crippen LogP) is 1.90. The lowest BCUT2D eigenvalue weighted by Gasteiger charge is -2.01. The van der Waals surface area contributed by atoms with Crippen LogP contribution >= 0.6 is 0 Å². The minimum Gasteiger partial charge on any atom is -0.336 e. The van der Waals surface area contributed by atoms with E-state index in [9.17, 15) is 4.79 Å². The van der Waals surface area contributed by atoms with Crippen LogP contribution in [-0.2, 0) is 0 Å². The van der Waals surface area contributed by atoms with Gasteiger partial charge in [-0.05, 0) is 25.5 Å². The summed E-state index contributed by atoms with van der Waals surface area (Å²) in [7, 11) is 0. The number of aldehydes is 1. The van der Waals surface area contributed by atoms with Gasteiger partial charge in [0.05, 0.1) is 11.9 Å². The zero-order chi connectivity index (χ0) is 10.8. The number of aromatic nitrogens is 3. The van der Waals surface area contributed by atoms with E-state index >= 15 is 0 Å². The minimum atomic E-state index is 0.475. The lowest BCUT2D eigenvalue weighted by molar-refractivity contribution is 0.111. The highest BCUT2D eigenvalue weighted by molar-refractivity contribution is 5.73. The fourth-order valence-electron chi connectivity index (χ4n) is 1.31. The van der Waals surface area contributed by atoms with Crippen LogP contribution in [0.15, 0.2) is 18.5 Å². The first kappa shape index (κ1) is 9.58. The van der Waals surface area contributed by atoms with Crippen LogP contribution in [0.5, 0.6) is 0 Å². The minimum absolute atomic E-state index is 0.475. The zero-order valence-electron chi connectivity index (χ0n) is 8.61. The number of carbonyl (C=O) groups is 1. The molecule has 15 heavy (non-hydrogen) atoms. The van der Waals surface area contributed by atoms with E-state index in [1.54, 1.807) is 6.20 Å². The largest absolute Gasteiger partial charge is 0.336 e. The van der Waals surface area contributed by atoms with Crippen molar-refractivity contribution in [3.05, 3.63) is 35.4 Å². The summed E-state index contributed by atoms with van der Waals surface area (Å²) in [6.07, 6.45) is 4.00. The second-order valence-electron chi connectivity index (χ2n) is 3.43. The normalized spacial score (nSPS) is 10.3. The highest BCUT2D eigenvalue weighted by atomic mass is 16.1. The highest BCUT2D eigenvalue weighted by Gasteiger charge is 2.04. The molecule has 0 bridgehead atoms. The first-order valence-corrected chi connectivity index (χ1v) is 4.64. The van der Waals surface area contributed by atoms with Crippen molar-refractivity contribution in [1.82, 2.24) is 15.0 Å². The number of H-pyrrole nitrogens is 1. The smallest absolute Gasteiger partial charge is 0.167 e. The van der Waals surface area contributed by atoms with Gasteiger partial charge in [0.15, 0.2) is 6.29 Å². The number of nitrogens with one attached hydrogen (secondary N) is 1. The van der Waals surface area contributed by atoms with Crippen molar-refractivity contribution < 1.29 is 4.79 Å². The standard InChI is InChI=1S/C11H11N3O/c1-7-3-9(4-12-8(7)2)11-13-5-10(6-15)14-11/h3-6H,1-2H3,(H,13,14). The maximum atomic E-state index is 10.5. The second kappa shape index (κ2) is 3.65. The summed E-state index contributed by atoms with van der Waals surface area (Å²) >= 11 is 0. The predicted molar refractivity (Wildman–Crippen MR) is 56.7 cm³/mol. The molecule has 0 amide bonds. The van der Waals surface area contributed by atoms with Gasteiger partial charge in [-0.1, -0.05) is 0 Å². The third kappa shape index (κ3) is 1.79. The molecule has 0 aliphatic carbocycles. The van der Waals surface area contributed by atoms with Crippen LogP contribution in [-0.4, -0.2) is 21.2 Å². The number of hydrogen-bond donors (Lipinski definition) is 1. The molecule has 0 aromatic carbocycles. The Kier molecular flexibility index (Phi) is 2.33. The lowest BCUT2D eigenvalue weighted by atomic mass is 10.1. The van der Waals surface area contributed by atoms with Gasteiger partial charge in [0.2, 0.25) is 0 Å².